The normalized spacial score (nSPS) is 18.5. The van der Waals surface area contributed by atoms with Gasteiger partial charge in [-0.3, -0.25) is 0 Å². The lowest BCUT2D eigenvalue weighted by molar-refractivity contribution is 0.0307. The van der Waals surface area contributed by atoms with E-state index in [-0.39, 0.29) is 0 Å². The lowest BCUT2D eigenvalue weighted by atomic mass is 9.82. The van der Waals surface area contributed by atoms with E-state index in [0.29, 0.717) is 12.1 Å². The lowest BCUT2D eigenvalue weighted by Crippen LogP contribution is -2.28. The largest absolute Gasteiger partial charge is 0.442 e. The van der Waals surface area contributed by atoms with Gasteiger partial charge in [-0.1, -0.05) is 72.8 Å². The average molecular weight is 393 g/mol. The van der Waals surface area contributed by atoms with Gasteiger partial charge in [-0.25, -0.2) is 4.98 Å². The summed E-state index contributed by atoms with van der Waals surface area (Å²) in [7, 11) is 1.77. The van der Waals surface area contributed by atoms with Crippen molar-refractivity contribution in [1.82, 2.24) is 4.98 Å². The summed E-state index contributed by atoms with van der Waals surface area (Å²) in [5.74, 6) is 0.901. The van der Waals surface area contributed by atoms with E-state index in [0.717, 1.165) is 23.1 Å². The summed E-state index contributed by atoms with van der Waals surface area (Å²) in [5, 5.41) is 1.01. The Morgan fingerprint density at radius 2 is 1.73 bits per heavy atom. The molecule has 2 aromatic carbocycles. The summed E-state index contributed by atoms with van der Waals surface area (Å²) in [5.41, 5.74) is 4.75. The van der Waals surface area contributed by atoms with Gasteiger partial charge in [0.2, 0.25) is 5.71 Å². The van der Waals surface area contributed by atoms with E-state index >= 15 is 0 Å². The monoisotopic (exact) mass is 393 g/mol. The zero-order chi connectivity index (χ0) is 20.4. The number of allylic oxidation sites excluding steroid dienone is 2. The van der Waals surface area contributed by atoms with Crippen molar-refractivity contribution < 1.29 is 9.15 Å². The van der Waals surface area contributed by atoms with Crippen molar-refractivity contribution >= 4 is 16.7 Å². The van der Waals surface area contributed by atoms with Gasteiger partial charge in [0.25, 0.3) is 0 Å². The number of ether oxygens (including phenoxy) is 1. The molecular formula is C27H23NO2. The molecule has 1 unspecified atom stereocenters. The zero-order valence-corrected chi connectivity index (χ0v) is 16.9. The number of fused-ring (bicyclic) bond motifs is 1. The molecule has 0 fully saturated rings. The van der Waals surface area contributed by atoms with E-state index in [1.165, 1.54) is 16.7 Å². The number of pyridine rings is 1. The minimum Gasteiger partial charge on any atom is -0.442 e. The first-order valence-electron chi connectivity index (χ1n) is 10.2. The second-order valence-electron chi connectivity index (χ2n) is 7.58. The number of hydrogen-bond donors (Lipinski definition) is 0. The molecule has 30 heavy (non-hydrogen) atoms. The third-order valence-corrected chi connectivity index (χ3v) is 5.80. The first-order valence-corrected chi connectivity index (χ1v) is 10.2. The van der Waals surface area contributed by atoms with Crippen LogP contribution in [0.4, 0.5) is 0 Å². The highest BCUT2D eigenvalue weighted by molar-refractivity contribution is 5.82. The SMILES string of the molecule is COC1(c2c(Cc3ccccc3)oc3ncccc23)C=CC(c2ccccc2)=CC1. The topological polar surface area (TPSA) is 35.3 Å². The molecule has 1 atom stereocenters. The van der Waals surface area contributed by atoms with Crippen molar-refractivity contribution in [1.29, 1.82) is 0 Å². The molecule has 4 aromatic rings. The first-order chi connectivity index (χ1) is 14.8. The van der Waals surface area contributed by atoms with E-state index in [1.807, 2.05) is 18.2 Å². The van der Waals surface area contributed by atoms with Crippen molar-refractivity contribution in [3.63, 3.8) is 0 Å². The summed E-state index contributed by atoms with van der Waals surface area (Å²) >= 11 is 0. The van der Waals surface area contributed by atoms with E-state index in [9.17, 15) is 0 Å². The second kappa shape index (κ2) is 7.77. The van der Waals surface area contributed by atoms with Crippen LogP contribution in [0.3, 0.4) is 0 Å². The van der Waals surface area contributed by atoms with E-state index in [4.69, 9.17) is 9.15 Å². The first kappa shape index (κ1) is 18.6. The fourth-order valence-corrected chi connectivity index (χ4v) is 4.26. The molecule has 5 rings (SSSR count). The average Bonchev–Trinajstić information content (AvgIpc) is 3.19. The van der Waals surface area contributed by atoms with Crippen LogP contribution in [0.5, 0.6) is 0 Å². The Hall–Kier alpha value is -3.43. The Morgan fingerprint density at radius 1 is 0.967 bits per heavy atom. The number of aromatic nitrogens is 1. The molecule has 3 nitrogen and oxygen atoms in total. The minimum atomic E-state index is -0.587. The van der Waals surface area contributed by atoms with Crippen LogP contribution >= 0.6 is 0 Å². The highest BCUT2D eigenvalue weighted by atomic mass is 16.5. The molecule has 0 saturated carbocycles. The molecule has 2 aromatic heterocycles. The molecule has 0 bridgehead atoms. The number of furan rings is 1. The van der Waals surface area contributed by atoms with E-state index in [2.05, 4.69) is 77.8 Å². The standard InChI is InChI=1S/C27H23NO2/c1-29-27(16-14-22(15-17-27)21-11-6-3-7-12-21)25-23-13-8-18-28-26(23)30-24(25)19-20-9-4-2-5-10-20/h2-16,18H,17,19H2,1H3. The van der Waals surface area contributed by atoms with E-state index in [1.54, 1.807) is 13.3 Å². The number of hydrogen-bond acceptors (Lipinski definition) is 3. The number of methoxy groups -OCH3 is 1. The van der Waals surface area contributed by atoms with Gasteiger partial charge in [-0.2, -0.15) is 0 Å². The predicted octanol–water partition coefficient (Wildman–Crippen LogP) is 6.30. The van der Waals surface area contributed by atoms with Gasteiger partial charge in [0.15, 0.2) is 0 Å². The third kappa shape index (κ3) is 3.27. The van der Waals surface area contributed by atoms with Gasteiger partial charge in [0.05, 0.1) is 0 Å². The molecule has 1 aliphatic rings. The fourth-order valence-electron chi connectivity index (χ4n) is 4.26. The maximum atomic E-state index is 6.25. The van der Waals surface area contributed by atoms with Crippen LogP contribution < -0.4 is 0 Å². The van der Waals surface area contributed by atoms with Crippen molar-refractivity contribution in [2.45, 2.75) is 18.4 Å². The van der Waals surface area contributed by atoms with Crippen LogP contribution in [-0.4, -0.2) is 12.1 Å². The maximum Gasteiger partial charge on any atom is 0.226 e. The highest BCUT2D eigenvalue weighted by Crippen LogP contribution is 2.43. The summed E-state index contributed by atoms with van der Waals surface area (Å²) < 4.78 is 12.4. The maximum absolute atomic E-state index is 6.25. The van der Waals surface area contributed by atoms with Crippen molar-refractivity contribution in [3.05, 3.63) is 120 Å². The van der Waals surface area contributed by atoms with Gasteiger partial charge >= 0.3 is 0 Å². The van der Waals surface area contributed by atoms with Gasteiger partial charge in [-0.05, 0) is 34.9 Å². The van der Waals surface area contributed by atoms with E-state index < -0.39 is 5.60 Å². The van der Waals surface area contributed by atoms with Gasteiger partial charge < -0.3 is 9.15 Å². The summed E-state index contributed by atoms with van der Waals surface area (Å²) in [6.07, 6.45) is 9.77. The van der Waals surface area contributed by atoms with Crippen molar-refractivity contribution in [3.8, 4) is 0 Å². The Labute approximate surface area is 176 Å². The second-order valence-corrected chi connectivity index (χ2v) is 7.58. The molecule has 0 aliphatic heterocycles. The molecule has 0 saturated heterocycles. The zero-order valence-electron chi connectivity index (χ0n) is 16.9. The molecule has 3 heteroatoms. The predicted molar refractivity (Wildman–Crippen MR) is 120 cm³/mol. The Kier molecular flexibility index (Phi) is 4.82. The van der Waals surface area contributed by atoms with Gasteiger partial charge in [-0.15, -0.1) is 0 Å². The molecule has 0 amide bonds. The third-order valence-electron chi connectivity index (χ3n) is 5.80. The smallest absolute Gasteiger partial charge is 0.226 e. The molecular weight excluding hydrogens is 370 g/mol. The molecule has 148 valence electrons. The Bertz CT molecular complexity index is 1220. The number of rotatable bonds is 5. The van der Waals surface area contributed by atoms with Gasteiger partial charge in [0, 0.05) is 37.1 Å². The van der Waals surface area contributed by atoms with Gasteiger partial charge in [0.1, 0.15) is 11.4 Å². The number of benzene rings is 2. The fraction of sp³-hybridized carbons (Fsp3) is 0.148. The summed E-state index contributed by atoms with van der Waals surface area (Å²) in [6.45, 7) is 0. The van der Waals surface area contributed by atoms with Crippen molar-refractivity contribution in [2.75, 3.05) is 7.11 Å². The van der Waals surface area contributed by atoms with Crippen LogP contribution in [-0.2, 0) is 16.8 Å². The van der Waals surface area contributed by atoms with Crippen molar-refractivity contribution in [2.24, 2.45) is 0 Å². The lowest BCUT2D eigenvalue weighted by Gasteiger charge is -2.31. The van der Waals surface area contributed by atoms with Crippen LogP contribution in [0.25, 0.3) is 16.7 Å². The molecule has 2 heterocycles. The number of nitrogens with zero attached hydrogens (tertiary/aromatic N) is 1. The van der Waals surface area contributed by atoms with Crippen LogP contribution in [0.15, 0.2) is 102 Å². The van der Waals surface area contributed by atoms with Crippen LogP contribution in [0.2, 0.25) is 0 Å². The quantitative estimate of drug-likeness (QED) is 0.399. The minimum absolute atomic E-state index is 0.587. The molecule has 0 spiro atoms. The summed E-state index contributed by atoms with van der Waals surface area (Å²) in [4.78, 5) is 4.47. The Morgan fingerprint density at radius 3 is 2.43 bits per heavy atom. The van der Waals surface area contributed by atoms with Crippen LogP contribution in [0, 0.1) is 0 Å². The van der Waals surface area contributed by atoms with Crippen LogP contribution in [0.1, 0.15) is 28.9 Å². The summed E-state index contributed by atoms with van der Waals surface area (Å²) in [6, 6.07) is 24.8. The molecule has 0 radical (unpaired) electrons. The molecule has 1 aliphatic carbocycles. The molecule has 0 N–H and O–H groups in total. The highest BCUT2D eigenvalue weighted by Gasteiger charge is 2.37. The Balaban J connectivity index is 1.60.